The zero-order chi connectivity index (χ0) is 19.8. The molecule has 0 spiro atoms. The average molecular weight is 384 g/mol. The van der Waals surface area contributed by atoms with Crippen LogP contribution in [0.1, 0.15) is 29.5 Å². The highest BCUT2D eigenvalue weighted by molar-refractivity contribution is 5.92. The van der Waals surface area contributed by atoms with Gasteiger partial charge in [0, 0.05) is 43.5 Å². The number of carbonyl (C=O) groups excluding carboxylic acids is 1. The number of nitrogens with zero attached hydrogens (tertiary/aromatic N) is 3. The van der Waals surface area contributed by atoms with E-state index in [2.05, 4.69) is 40.1 Å². The van der Waals surface area contributed by atoms with Crippen molar-refractivity contribution in [1.29, 1.82) is 0 Å². The van der Waals surface area contributed by atoms with E-state index in [4.69, 9.17) is 0 Å². The van der Waals surface area contributed by atoms with Gasteiger partial charge in [-0.05, 0) is 71.6 Å². The van der Waals surface area contributed by atoms with Crippen LogP contribution in [0.4, 0.5) is 5.82 Å². The first-order valence-corrected chi connectivity index (χ1v) is 10.2. The van der Waals surface area contributed by atoms with E-state index in [0.717, 1.165) is 49.4 Å². The molecule has 29 heavy (non-hydrogen) atoms. The molecule has 1 fully saturated rings. The molecule has 0 saturated carbocycles. The molecular formula is C24H24N4O. The number of aromatic nitrogens is 2. The van der Waals surface area contributed by atoms with Crippen LogP contribution in [0.5, 0.6) is 0 Å². The number of aryl methyl sites for hydroxylation is 1. The van der Waals surface area contributed by atoms with E-state index in [1.165, 1.54) is 16.7 Å². The first-order chi connectivity index (χ1) is 14.2. The second kappa shape index (κ2) is 7.32. The second-order valence-corrected chi connectivity index (χ2v) is 8.14. The minimum absolute atomic E-state index is 0.0833. The topological polar surface area (TPSA) is 58.1 Å². The van der Waals surface area contributed by atoms with Crippen molar-refractivity contribution in [3.63, 3.8) is 0 Å². The molecule has 5 heteroatoms. The van der Waals surface area contributed by atoms with Crippen molar-refractivity contribution in [3.8, 4) is 0 Å². The lowest BCUT2D eigenvalue weighted by Gasteiger charge is -2.19. The number of rotatable bonds is 3. The average Bonchev–Trinajstić information content (AvgIpc) is 3.32. The fourth-order valence-corrected chi connectivity index (χ4v) is 4.57. The van der Waals surface area contributed by atoms with Gasteiger partial charge in [0.1, 0.15) is 5.82 Å². The highest BCUT2D eigenvalue weighted by Crippen LogP contribution is 2.40. The van der Waals surface area contributed by atoms with Crippen LogP contribution in [0.25, 0.3) is 11.6 Å². The Morgan fingerprint density at radius 2 is 2.21 bits per heavy atom. The third-order valence-electron chi connectivity index (χ3n) is 6.13. The van der Waals surface area contributed by atoms with Crippen LogP contribution in [0.15, 0.2) is 61.2 Å². The summed E-state index contributed by atoms with van der Waals surface area (Å²) in [6, 6.07) is 6.20. The third-order valence-corrected chi connectivity index (χ3v) is 6.13. The van der Waals surface area contributed by atoms with Gasteiger partial charge in [0.05, 0.1) is 0 Å². The Morgan fingerprint density at radius 3 is 3.03 bits per heavy atom. The number of hydrogen-bond acceptors (Lipinski definition) is 4. The zero-order valence-electron chi connectivity index (χ0n) is 16.3. The molecule has 0 aromatic carbocycles. The minimum Gasteiger partial charge on any atom is -0.344 e. The molecule has 5 nitrogen and oxygen atoms in total. The van der Waals surface area contributed by atoms with Crippen LogP contribution >= 0.6 is 0 Å². The summed E-state index contributed by atoms with van der Waals surface area (Å²) in [6.45, 7) is 5.58. The number of hydrogen-bond donors (Lipinski definition) is 1. The van der Waals surface area contributed by atoms with Gasteiger partial charge in [0.25, 0.3) is 0 Å². The minimum atomic E-state index is 0.0833. The van der Waals surface area contributed by atoms with Crippen LogP contribution in [0.2, 0.25) is 0 Å². The van der Waals surface area contributed by atoms with Gasteiger partial charge in [0.2, 0.25) is 5.91 Å². The molecule has 146 valence electrons. The standard InChI is InChI=1S/C24H24N4O/c1-16-4-6-18-9-17(12-26-24(18)27-16)5-7-23(29)28-14-21-10-20(11-22(21)15-28)19-3-2-8-25-13-19/h2-3,5,7-10,12-13,21-22H,1,4,6,11,14-15H2,(H,26,27)/b7-5+. The summed E-state index contributed by atoms with van der Waals surface area (Å²) in [6.07, 6.45) is 14.3. The fourth-order valence-electron chi connectivity index (χ4n) is 4.57. The van der Waals surface area contributed by atoms with Crippen LogP contribution in [-0.2, 0) is 11.2 Å². The number of amides is 1. The van der Waals surface area contributed by atoms with Gasteiger partial charge in [-0.15, -0.1) is 0 Å². The number of allylic oxidation sites excluding steroid dienone is 2. The number of fused-ring (bicyclic) bond motifs is 2. The van der Waals surface area contributed by atoms with Gasteiger partial charge in [0.15, 0.2) is 0 Å². The second-order valence-electron chi connectivity index (χ2n) is 8.14. The Hall–Kier alpha value is -3.21. The number of carbonyl (C=O) groups is 1. The van der Waals surface area contributed by atoms with Crippen molar-refractivity contribution in [2.45, 2.75) is 19.3 Å². The highest BCUT2D eigenvalue weighted by atomic mass is 16.2. The summed E-state index contributed by atoms with van der Waals surface area (Å²) in [4.78, 5) is 23.4. The lowest BCUT2D eigenvalue weighted by Crippen LogP contribution is -2.27. The highest BCUT2D eigenvalue weighted by Gasteiger charge is 2.37. The van der Waals surface area contributed by atoms with Crippen LogP contribution in [-0.4, -0.2) is 33.9 Å². The molecule has 2 aromatic rings. The molecule has 3 aliphatic rings. The molecule has 2 atom stereocenters. The Morgan fingerprint density at radius 1 is 1.28 bits per heavy atom. The van der Waals surface area contributed by atoms with E-state index in [0.29, 0.717) is 11.8 Å². The van der Waals surface area contributed by atoms with Crippen molar-refractivity contribution < 1.29 is 4.79 Å². The summed E-state index contributed by atoms with van der Waals surface area (Å²) in [5.41, 5.74) is 5.72. The Labute approximate surface area is 170 Å². The van der Waals surface area contributed by atoms with Gasteiger partial charge in [-0.2, -0.15) is 0 Å². The lowest BCUT2D eigenvalue weighted by atomic mass is 9.99. The van der Waals surface area contributed by atoms with Gasteiger partial charge < -0.3 is 10.2 Å². The maximum Gasteiger partial charge on any atom is 0.246 e. The SMILES string of the molecule is C=C1CCc2cc(/C=C/C(=O)N3CC4C=C(c5cccnc5)CC4C3)cnc2N1. The monoisotopic (exact) mass is 384 g/mol. The van der Waals surface area contributed by atoms with E-state index in [1.54, 1.807) is 18.5 Å². The molecule has 2 aromatic heterocycles. The van der Waals surface area contributed by atoms with Gasteiger partial charge in [-0.1, -0.05) is 18.7 Å². The van der Waals surface area contributed by atoms with E-state index in [1.807, 2.05) is 23.2 Å². The van der Waals surface area contributed by atoms with Crippen molar-refractivity contribution in [3.05, 3.63) is 77.9 Å². The lowest BCUT2D eigenvalue weighted by molar-refractivity contribution is -0.125. The van der Waals surface area contributed by atoms with E-state index in [-0.39, 0.29) is 5.91 Å². The smallest absolute Gasteiger partial charge is 0.246 e. The molecular weight excluding hydrogens is 360 g/mol. The number of likely N-dealkylation sites (tertiary alicyclic amines) is 1. The summed E-state index contributed by atoms with van der Waals surface area (Å²) < 4.78 is 0. The molecule has 1 amide bonds. The molecule has 5 rings (SSSR count). The van der Waals surface area contributed by atoms with Gasteiger partial charge in [-0.25, -0.2) is 4.98 Å². The first-order valence-electron chi connectivity index (χ1n) is 10.2. The van der Waals surface area contributed by atoms with Crippen molar-refractivity contribution in [2.24, 2.45) is 11.8 Å². The summed E-state index contributed by atoms with van der Waals surface area (Å²) in [5, 5.41) is 3.22. The molecule has 1 saturated heterocycles. The molecule has 4 heterocycles. The fraction of sp³-hybridized carbons (Fsp3) is 0.292. The summed E-state index contributed by atoms with van der Waals surface area (Å²) in [5.74, 6) is 1.94. The van der Waals surface area contributed by atoms with Crippen LogP contribution in [0.3, 0.4) is 0 Å². The Bertz CT molecular complexity index is 1020. The van der Waals surface area contributed by atoms with E-state index in [9.17, 15) is 4.79 Å². The van der Waals surface area contributed by atoms with E-state index >= 15 is 0 Å². The molecule has 2 unspecified atom stereocenters. The maximum atomic E-state index is 12.7. The quantitative estimate of drug-likeness (QED) is 0.815. The zero-order valence-corrected chi connectivity index (χ0v) is 16.3. The van der Waals surface area contributed by atoms with Crippen molar-refractivity contribution in [2.75, 3.05) is 18.4 Å². The van der Waals surface area contributed by atoms with Gasteiger partial charge >= 0.3 is 0 Å². The number of pyridine rings is 2. The molecule has 1 N–H and O–H groups in total. The summed E-state index contributed by atoms with van der Waals surface area (Å²) >= 11 is 0. The molecule has 2 aliphatic heterocycles. The third kappa shape index (κ3) is 3.60. The van der Waals surface area contributed by atoms with Crippen molar-refractivity contribution in [1.82, 2.24) is 14.9 Å². The predicted molar refractivity (Wildman–Crippen MR) is 115 cm³/mol. The molecule has 1 aliphatic carbocycles. The molecule has 0 bridgehead atoms. The number of anilines is 1. The number of nitrogens with one attached hydrogen (secondary N) is 1. The van der Waals surface area contributed by atoms with Crippen LogP contribution < -0.4 is 5.32 Å². The first kappa shape index (κ1) is 17.9. The van der Waals surface area contributed by atoms with Crippen LogP contribution in [0, 0.1) is 11.8 Å². The molecule has 0 radical (unpaired) electrons. The van der Waals surface area contributed by atoms with Crippen molar-refractivity contribution >= 4 is 23.4 Å². The Kier molecular flexibility index (Phi) is 4.51. The van der Waals surface area contributed by atoms with E-state index < -0.39 is 0 Å². The predicted octanol–water partition coefficient (Wildman–Crippen LogP) is 3.92. The largest absolute Gasteiger partial charge is 0.344 e. The summed E-state index contributed by atoms with van der Waals surface area (Å²) in [7, 11) is 0. The Balaban J connectivity index is 1.23. The normalized spacial score (nSPS) is 23.0. The maximum absolute atomic E-state index is 12.7. The van der Waals surface area contributed by atoms with Gasteiger partial charge in [-0.3, -0.25) is 9.78 Å².